The summed E-state index contributed by atoms with van der Waals surface area (Å²) in [7, 11) is 3.67. The van der Waals surface area contributed by atoms with Gasteiger partial charge in [-0.1, -0.05) is 5.21 Å². The van der Waals surface area contributed by atoms with Crippen LogP contribution >= 0.6 is 0 Å². The average Bonchev–Trinajstić information content (AvgIpc) is 3.32. The van der Waals surface area contributed by atoms with Gasteiger partial charge in [-0.15, -0.1) is 5.10 Å². The number of nitrogens with one attached hydrogen (secondary N) is 1. The maximum absolute atomic E-state index is 12.5. The number of amides is 1. The molecule has 12 nitrogen and oxygen atoms in total. The Hall–Kier alpha value is -3.54. The molecule has 0 bridgehead atoms. The van der Waals surface area contributed by atoms with Gasteiger partial charge in [0.2, 0.25) is 11.6 Å². The minimum atomic E-state index is -0.533. The van der Waals surface area contributed by atoms with E-state index in [9.17, 15) is 4.79 Å². The summed E-state index contributed by atoms with van der Waals surface area (Å²) in [4.78, 5) is 14.4. The fourth-order valence-corrected chi connectivity index (χ4v) is 2.15. The van der Waals surface area contributed by atoms with E-state index < -0.39 is 5.91 Å². The number of nitrogens with zero attached hydrogens (tertiary/aromatic N) is 7. The molecular formula is C14H17N9O3. The van der Waals surface area contributed by atoms with Crippen LogP contribution in [-0.2, 0) is 6.54 Å². The molecule has 0 saturated heterocycles. The van der Waals surface area contributed by atoms with Crippen LogP contribution in [0.5, 0.6) is 0 Å². The van der Waals surface area contributed by atoms with Crippen molar-refractivity contribution in [3.8, 4) is 5.82 Å². The molecule has 1 amide bonds. The predicted molar refractivity (Wildman–Crippen MR) is 89.4 cm³/mol. The van der Waals surface area contributed by atoms with Gasteiger partial charge in [-0.2, -0.15) is 9.78 Å². The minimum Gasteiger partial charge on any atom is -0.463 e. The zero-order chi connectivity index (χ0) is 18.7. The molecule has 0 aliphatic heterocycles. The van der Waals surface area contributed by atoms with Crippen LogP contribution in [0.15, 0.2) is 32.5 Å². The van der Waals surface area contributed by atoms with Gasteiger partial charge in [0.15, 0.2) is 5.69 Å². The summed E-state index contributed by atoms with van der Waals surface area (Å²) >= 11 is 0. The Morgan fingerprint density at radius 2 is 2.23 bits per heavy atom. The molecule has 12 heteroatoms. The molecule has 0 saturated carbocycles. The van der Waals surface area contributed by atoms with Crippen LogP contribution in [-0.4, -0.2) is 55.9 Å². The topological polar surface area (TPSA) is 153 Å². The van der Waals surface area contributed by atoms with Gasteiger partial charge in [-0.05, 0) is 43.5 Å². The average molecular weight is 359 g/mol. The number of carbonyl (C=O) groups excluding carboxylic acids is 1. The van der Waals surface area contributed by atoms with Gasteiger partial charge in [-0.25, -0.2) is 10.1 Å². The van der Waals surface area contributed by atoms with E-state index in [-0.39, 0.29) is 17.3 Å². The first-order valence-electron chi connectivity index (χ1n) is 7.53. The third-order valence-corrected chi connectivity index (χ3v) is 3.34. The number of hydrogen-bond acceptors (Lipinski definition) is 10. The molecule has 0 fully saturated rings. The molecule has 0 aromatic carbocycles. The predicted octanol–water partition coefficient (Wildman–Crippen LogP) is 0.0411. The summed E-state index contributed by atoms with van der Waals surface area (Å²) < 4.78 is 11.1. The van der Waals surface area contributed by atoms with Crippen LogP contribution in [0.1, 0.15) is 28.9 Å². The fraction of sp³-hybridized carbons (Fsp3) is 0.286. The monoisotopic (exact) mass is 359 g/mol. The zero-order valence-corrected chi connectivity index (χ0v) is 14.4. The molecule has 0 unspecified atom stereocenters. The molecule has 0 aliphatic carbocycles. The molecule has 0 atom stereocenters. The maximum Gasteiger partial charge on any atom is 0.293 e. The Labute approximate surface area is 147 Å². The van der Waals surface area contributed by atoms with Crippen molar-refractivity contribution < 1.29 is 13.8 Å². The van der Waals surface area contributed by atoms with Crippen molar-refractivity contribution >= 4 is 17.4 Å². The third-order valence-electron chi connectivity index (χ3n) is 3.34. The summed E-state index contributed by atoms with van der Waals surface area (Å²) in [6.45, 7) is 2.06. The first-order chi connectivity index (χ1) is 12.5. The zero-order valence-electron chi connectivity index (χ0n) is 14.4. The van der Waals surface area contributed by atoms with E-state index in [1.54, 1.807) is 19.1 Å². The summed E-state index contributed by atoms with van der Waals surface area (Å²) in [6, 6.07) is 3.46. The van der Waals surface area contributed by atoms with E-state index in [1.165, 1.54) is 10.9 Å². The van der Waals surface area contributed by atoms with Gasteiger partial charge in [-0.3, -0.25) is 4.79 Å². The second-order valence-corrected chi connectivity index (χ2v) is 5.62. The van der Waals surface area contributed by atoms with E-state index in [4.69, 9.17) is 10.2 Å². The van der Waals surface area contributed by atoms with E-state index >= 15 is 0 Å². The van der Waals surface area contributed by atoms with Crippen LogP contribution in [0.2, 0.25) is 0 Å². The lowest BCUT2D eigenvalue weighted by Crippen LogP contribution is -2.24. The fourth-order valence-electron chi connectivity index (χ4n) is 2.15. The number of aromatic nitrogens is 5. The van der Waals surface area contributed by atoms with E-state index in [0.29, 0.717) is 23.7 Å². The van der Waals surface area contributed by atoms with E-state index in [0.717, 1.165) is 0 Å². The van der Waals surface area contributed by atoms with Crippen LogP contribution in [0.25, 0.3) is 5.82 Å². The molecule has 0 aliphatic rings. The SMILES string of the molecule is CC(=NNC(=O)c1nnn(-c2nonc2N)c1CN(C)C)c1ccco1. The summed E-state index contributed by atoms with van der Waals surface area (Å²) in [6.07, 6.45) is 1.52. The van der Waals surface area contributed by atoms with Gasteiger partial charge in [0.25, 0.3) is 5.91 Å². The lowest BCUT2D eigenvalue weighted by Gasteiger charge is -2.11. The van der Waals surface area contributed by atoms with Crippen molar-refractivity contribution in [2.24, 2.45) is 5.10 Å². The van der Waals surface area contributed by atoms with Crippen LogP contribution in [0.4, 0.5) is 5.82 Å². The second-order valence-electron chi connectivity index (χ2n) is 5.62. The smallest absolute Gasteiger partial charge is 0.293 e. The number of hydrazone groups is 1. The summed E-state index contributed by atoms with van der Waals surface area (Å²) in [5, 5.41) is 19.1. The molecule has 0 radical (unpaired) electrons. The van der Waals surface area contributed by atoms with Gasteiger partial charge in [0.05, 0.1) is 12.0 Å². The molecule has 3 N–H and O–H groups in total. The van der Waals surface area contributed by atoms with E-state index in [2.05, 4.69) is 35.8 Å². The Morgan fingerprint density at radius 1 is 1.42 bits per heavy atom. The van der Waals surface area contributed by atoms with E-state index in [1.807, 2.05) is 19.0 Å². The first kappa shape index (κ1) is 17.3. The highest BCUT2D eigenvalue weighted by Gasteiger charge is 2.24. The maximum atomic E-state index is 12.5. The van der Waals surface area contributed by atoms with Crippen molar-refractivity contribution in [3.63, 3.8) is 0 Å². The molecule has 136 valence electrons. The lowest BCUT2D eigenvalue weighted by molar-refractivity contribution is 0.0948. The highest BCUT2D eigenvalue weighted by Crippen LogP contribution is 2.16. The largest absolute Gasteiger partial charge is 0.463 e. The Morgan fingerprint density at radius 3 is 2.85 bits per heavy atom. The van der Waals surface area contributed by atoms with Crippen molar-refractivity contribution in [2.75, 3.05) is 19.8 Å². The third kappa shape index (κ3) is 3.44. The number of furan rings is 1. The van der Waals surface area contributed by atoms with Crippen LogP contribution < -0.4 is 11.2 Å². The summed E-state index contributed by atoms with van der Waals surface area (Å²) in [5.74, 6) is 0.204. The number of carbonyl (C=O) groups is 1. The first-order valence-corrected chi connectivity index (χ1v) is 7.53. The number of nitrogens with two attached hydrogens (primary N) is 1. The van der Waals surface area contributed by atoms with Gasteiger partial charge in [0, 0.05) is 6.54 Å². The molecule has 3 aromatic rings. The Bertz CT molecular complexity index is 924. The van der Waals surface area contributed by atoms with Gasteiger partial charge < -0.3 is 15.1 Å². The number of rotatable bonds is 6. The van der Waals surface area contributed by atoms with Crippen LogP contribution in [0, 0.1) is 0 Å². The lowest BCUT2D eigenvalue weighted by atomic mass is 10.3. The highest BCUT2D eigenvalue weighted by atomic mass is 16.6. The highest BCUT2D eigenvalue weighted by molar-refractivity contribution is 5.98. The van der Waals surface area contributed by atoms with Crippen molar-refractivity contribution in [1.29, 1.82) is 0 Å². The molecule has 3 heterocycles. The number of hydrogen-bond donors (Lipinski definition) is 2. The van der Waals surface area contributed by atoms with Crippen molar-refractivity contribution in [3.05, 3.63) is 35.5 Å². The Kier molecular flexibility index (Phi) is 4.75. The van der Waals surface area contributed by atoms with Gasteiger partial charge >= 0.3 is 0 Å². The minimum absolute atomic E-state index is 0.0357. The van der Waals surface area contributed by atoms with Gasteiger partial charge in [0.1, 0.15) is 11.5 Å². The molecule has 3 aromatic heterocycles. The molecule has 0 spiro atoms. The summed E-state index contributed by atoms with van der Waals surface area (Å²) in [5.41, 5.74) is 9.19. The van der Waals surface area contributed by atoms with Crippen molar-refractivity contribution in [2.45, 2.75) is 13.5 Å². The molecular weight excluding hydrogens is 342 g/mol. The molecule has 26 heavy (non-hydrogen) atoms. The quantitative estimate of drug-likeness (QED) is 0.458. The van der Waals surface area contributed by atoms with Crippen LogP contribution in [0.3, 0.4) is 0 Å². The second kappa shape index (κ2) is 7.14. The number of nitrogen functional groups attached to an aromatic ring is 1. The molecule has 3 rings (SSSR count). The van der Waals surface area contributed by atoms with Crippen molar-refractivity contribution in [1.82, 2.24) is 35.6 Å². The Balaban J connectivity index is 1.89. The number of anilines is 1. The normalized spacial score (nSPS) is 11.9. The standard InChI is InChI=1S/C14H17N9O3/c1-8(10-5-4-6-25-10)16-18-14(24)11-9(7-22(2)3)23(21-17-11)13-12(15)19-26-20-13/h4-6H,7H2,1-3H3,(H2,15,19)(H,18,24).